The molecule has 0 saturated carbocycles. The van der Waals surface area contributed by atoms with E-state index in [9.17, 15) is 4.79 Å². The molecule has 4 rings (SSSR count). The Morgan fingerprint density at radius 3 is 2.84 bits per heavy atom. The van der Waals surface area contributed by atoms with Gasteiger partial charge in [-0.25, -0.2) is 9.97 Å². The van der Waals surface area contributed by atoms with Crippen molar-refractivity contribution >= 4 is 17.4 Å². The van der Waals surface area contributed by atoms with Crippen LogP contribution in [0.2, 0.25) is 0 Å². The van der Waals surface area contributed by atoms with Gasteiger partial charge >= 0.3 is 0 Å². The van der Waals surface area contributed by atoms with Crippen LogP contribution in [0.25, 0.3) is 17.0 Å². The zero-order valence-corrected chi connectivity index (χ0v) is 13.7. The van der Waals surface area contributed by atoms with Crippen molar-refractivity contribution in [3.8, 4) is 11.3 Å². The molecule has 0 unspecified atom stereocenters. The summed E-state index contributed by atoms with van der Waals surface area (Å²) in [5.74, 6) is 0.914. The number of anilines is 1. The van der Waals surface area contributed by atoms with Gasteiger partial charge in [-0.3, -0.25) is 9.20 Å². The third-order valence-electron chi connectivity index (χ3n) is 3.90. The standard InChI is InChI=1S/C18H15N5O2/c1-11-9-15(22-25-11)17(24)20-14-6-3-5-13(10-14)16-12(2)23-8-4-7-19-18(23)21-16/h3-10H,1-2H3,(H,20,24). The van der Waals surface area contributed by atoms with Crippen molar-refractivity contribution in [2.24, 2.45) is 0 Å². The number of nitrogens with one attached hydrogen (secondary N) is 1. The number of carbonyl (C=O) groups is 1. The molecule has 1 N–H and O–H groups in total. The molecule has 124 valence electrons. The van der Waals surface area contributed by atoms with Crippen molar-refractivity contribution in [2.75, 3.05) is 5.32 Å². The SMILES string of the molecule is Cc1cc(C(=O)Nc2cccc(-c3nc4ncccn4c3C)c2)no1. The van der Waals surface area contributed by atoms with E-state index in [4.69, 9.17) is 4.52 Å². The third-order valence-corrected chi connectivity index (χ3v) is 3.90. The van der Waals surface area contributed by atoms with Crippen molar-refractivity contribution in [2.45, 2.75) is 13.8 Å². The second-order valence-electron chi connectivity index (χ2n) is 5.69. The molecule has 0 atom stereocenters. The summed E-state index contributed by atoms with van der Waals surface area (Å²) in [5.41, 5.74) is 3.62. The first kappa shape index (κ1) is 15.1. The number of aryl methyl sites for hydroxylation is 2. The number of aromatic nitrogens is 4. The van der Waals surface area contributed by atoms with E-state index in [1.54, 1.807) is 19.2 Å². The minimum Gasteiger partial charge on any atom is -0.361 e. The first-order valence-corrected chi connectivity index (χ1v) is 7.76. The van der Waals surface area contributed by atoms with Gasteiger partial charge in [-0.2, -0.15) is 0 Å². The van der Waals surface area contributed by atoms with Crippen LogP contribution >= 0.6 is 0 Å². The van der Waals surface area contributed by atoms with E-state index in [0.717, 1.165) is 17.0 Å². The molecule has 0 saturated heterocycles. The first-order valence-electron chi connectivity index (χ1n) is 7.76. The Balaban J connectivity index is 1.67. The number of nitrogens with zero attached hydrogens (tertiary/aromatic N) is 4. The van der Waals surface area contributed by atoms with Gasteiger partial charge in [0.05, 0.1) is 5.69 Å². The molecule has 25 heavy (non-hydrogen) atoms. The van der Waals surface area contributed by atoms with Crippen LogP contribution in [0.3, 0.4) is 0 Å². The summed E-state index contributed by atoms with van der Waals surface area (Å²) in [4.78, 5) is 21.1. The lowest BCUT2D eigenvalue weighted by Crippen LogP contribution is -2.12. The fourth-order valence-corrected chi connectivity index (χ4v) is 2.69. The first-order chi connectivity index (χ1) is 12.1. The largest absolute Gasteiger partial charge is 0.361 e. The summed E-state index contributed by atoms with van der Waals surface area (Å²) in [6.45, 7) is 3.73. The van der Waals surface area contributed by atoms with Gasteiger partial charge in [0.25, 0.3) is 5.91 Å². The van der Waals surface area contributed by atoms with E-state index in [1.165, 1.54) is 0 Å². The summed E-state index contributed by atoms with van der Waals surface area (Å²) in [5, 5.41) is 6.55. The maximum atomic E-state index is 12.2. The van der Waals surface area contributed by atoms with Crippen LogP contribution in [0.1, 0.15) is 21.9 Å². The van der Waals surface area contributed by atoms with E-state index in [2.05, 4.69) is 20.4 Å². The summed E-state index contributed by atoms with van der Waals surface area (Å²) in [6, 6.07) is 11.0. The predicted octanol–water partition coefficient (Wildman–Crippen LogP) is 3.25. The smallest absolute Gasteiger partial charge is 0.277 e. The predicted molar refractivity (Wildman–Crippen MR) is 92.4 cm³/mol. The van der Waals surface area contributed by atoms with E-state index in [0.29, 0.717) is 17.2 Å². The fraction of sp³-hybridized carbons (Fsp3) is 0.111. The van der Waals surface area contributed by atoms with Gasteiger partial charge in [0.15, 0.2) is 5.69 Å². The quantitative estimate of drug-likeness (QED) is 0.622. The molecule has 3 aromatic heterocycles. The van der Waals surface area contributed by atoms with Crippen LogP contribution in [0.15, 0.2) is 53.3 Å². The highest BCUT2D eigenvalue weighted by molar-refractivity contribution is 6.03. The van der Waals surface area contributed by atoms with E-state index in [1.807, 2.05) is 47.9 Å². The lowest BCUT2D eigenvalue weighted by molar-refractivity contribution is 0.101. The molecule has 7 nitrogen and oxygen atoms in total. The number of hydrogen-bond acceptors (Lipinski definition) is 5. The van der Waals surface area contributed by atoms with Gasteiger partial charge in [-0.05, 0) is 32.0 Å². The molecule has 3 heterocycles. The van der Waals surface area contributed by atoms with Gasteiger partial charge in [0.1, 0.15) is 5.76 Å². The van der Waals surface area contributed by atoms with Gasteiger partial charge in [-0.1, -0.05) is 17.3 Å². The van der Waals surface area contributed by atoms with Gasteiger partial charge < -0.3 is 9.84 Å². The molecule has 0 fully saturated rings. The highest BCUT2D eigenvalue weighted by atomic mass is 16.5. The number of carbonyl (C=O) groups excluding carboxylic acids is 1. The molecule has 7 heteroatoms. The number of fused-ring (bicyclic) bond motifs is 1. The van der Waals surface area contributed by atoms with Crippen molar-refractivity contribution in [3.63, 3.8) is 0 Å². The maximum Gasteiger partial charge on any atom is 0.277 e. The van der Waals surface area contributed by atoms with Crippen molar-refractivity contribution < 1.29 is 9.32 Å². The summed E-state index contributed by atoms with van der Waals surface area (Å²) >= 11 is 0. The van der Waals surface area contributed by atoms with Crippen LogP contribution in [-0.4, -0.2) is 25.4 Å². The van der Waals surface area contributed by atoms with E-state index >= 15 is 0 Å². The average molecular weight is 333 g/mol. The Labute approximate surface area is 143 Å². The van der Waals surface area contributed by atoms with Gasteiger partial charge in [-0.15, -0.1) is 0 Å². The Kier molecular flexibility index (Phi) is 3.53. The van der Waals surface area contributed by atoms with Crippen LogP contribution in [0.4, 0.5) is 5.69 Å². The van der Waals surface area contributed by atoms with Crippen molar-refractivity contribution in [1.29, 1.82) is 0 Å². The van der Waals surface area contributed by atoms with Gasteiger partial charge in [0.2, 0.25) is 5.78 Å². The average Bonchev–Trinajstić information content (AvgIpc) is 3.19. The van der Waals surface area contributed by atoms with E-state index < -0.39 is 0 Å². The minimum atomic E-state index is -0.317. The lowest BCUT2D eigenvalue weighted by Gasteiger charge is -2.05. The number of rotatable bonds is 3. The zero-order chi connectivity index (χ0) is 17.4. The maximum absolute atomic E-state index is 12.2. The second-order valence-corrected chi connectivity index (χ2v) is 5.69. The minimum absolute atomic E-state index is 0.246. The van der Waals surface area contributed by atoms with Crippen molar-refractivity contribution in [1.82, 2.24) is 19.5 Å². The Hall–Kier alpha value is -3.48. The Morgan fingerprint density at radius 1 is 1.20 bits per heavy atom. The second kappa shape index (κ2) is 5.86. The topological polar surface area (TPSA) is 85.3 Å². The summed E-state index contributed by atoms with van der Waals surface area (Å²) in [6.07, 6.45) is 3.63. The number of imidazole rings is 1. The highest BCUT2D eigenvalue weighted by Crippen LogP contribution is 2.25. The van der Waals surface area contributed by atoms with Crippen LogP contribution in [0, 0.1) is 13.8 Å². The molecule has 0 aliphatic rings. The number of benzene rings is 1. The highest BCUT2D eigenvalue weighted by Gasteiger charge is 2.14. The molecule has 0 radical (unpaired) electrons. The van der Waals surface area contributed by atoms with E-state index in [-0.39, 0.29) is 11.6 Å². The molecule has 0 aliphatic heterocycles. The van der Waals surface area contributed by atoms with Crippen LogP contribution in [0.5, 0.6) is 0 Å². The Morgan fingerprint density at radius 2 is 2.08 bits per heavy atom. The molecule has 0 aliphatic carbocycles. The number of hydrogen-bond donors (Lipinski definition) is 1. The summed E-state index contributed by atoms with van der Waals surface area (Å²) in [7, 11) is 0. The molecule has 1 amide bonds. The Bertz CT molecular complexity index is 1080. The number of amides is 1. The normalized spacial score (nSPS) is 11.0. The third kappa shape index (κ3) is 2.76. The molecular weight excluding hydrogens is 318 g/mol. The molecule has 1 aromatic carbocycles. The monoisotopic (exact) mass is 333 g/mol. The van der Waals surface area contributed by atoms with Crippen molar-refractivity contribution in [3.05, 3.63) is 65.9 Å². The van der Waals surface area contributed by atoms with Gasteiger partial charge in [0, 0.05) is 35.4 Å². The van der Waals surface area contributed by atoms with Crippen LogP contribution in [-0.2, 0) is 0 Å². The fourth-order valence-electron chi connectivity index (χ4n) is 2.69. The lowest BCUT2D eigenvalue weighted by atomic mass is 10.1. The van der Waals surface area contributed by atoms with Crippen LogP contribution < -0.4 is 5.32 Å². The summed E-state index contributed by atoms with van der Waals surface area (Å²) < 4.78 is 6.86. The molecular formula is C18H15N5O2. The zero-order valence-electron chi connectivity index (χ0n) is 13.7. The molecule has 0 spiro atoms. The molecule has 0 bridgehead atoms. The molecule has 4 aromatic rings.